The maximum absolute atomic E-state index is 6.14. The topological polar surface area (TPSA) is 36.3 Å². The molecule has 1 fully saturated rings. The van der Waals surface area contributed by atoms with Crippen molar-refractivity contribution in [3.05, 3.63) is 53.7 Å². The van der Waals surface area contributed by atoms with Gasteiger partial charge in [0.15, 0.2) is 0 Å². The smallest absolute Gasteiger partial charge is 0.399 e. The van der Waals surface area contributed by atoms with E-state index in [4.69, 9.17) is 20.9 Å². The SMILES string of the molecule is CC1(C)OB(c2ccc3c(cnn3-c3ccc(Cl)cc3)c2)OC1(C)C. The first-order valence-electron chi connectivity index (χ1n) is 8.36. The summed E-state index contributed by atoms with van der Waals surface area (Å²) in [5, 5.41) is 6.27. The number of hydrogen-bond donors (Lipinski definition) is 0. The summed E-state index contributed by atoms with van der Waals surface area (Å²) in [5.74, 6) is 0. The van der Waals surface area contributed by atoms with Crippen LogP contribution < -0.4 is 5.46 Å². The van der Waals surface area contributed by atoms with Crippen molar-refractivity contribution in [2.24, 2.45) is 0 Å². The summed E-state index contributed by atoms with van der Waals surface area (Å²) < 4.78 is 14.2. The average Bonchev–Trinajstić information content (AvgIpc) is 3.06. The summed E-state index contributed by atoms with van der Waals surface area (Å²) in [6, 6.07) is 13.8. The Morgan fingerprint density at radius 2 is 1.60 bits per heavy atom. The van der Waals surface area contributed by atoms with Gasteiger partial charge in [-0.2, -0.15) is 5.10 Å². The van der Waals surface area contributed by atoms with E-state index < -0.39 is 0 Å². The first-order chi connectivity index (χ1) is 11.8. The van der Waals surface area contributed by atoms with Crippen LogP contribution in [0.15, 0.2) is 48.7 Å². The standard InChI is InChI=1S/C19H20BClN2O2/c1-18(2)19(3,4)25-20(24-18)14-5-10-17-13(11-14)12-22-23(17)16-8-6-15(21)7-9-16/h5-12H,1-4H3. The zero-order chi connectivity index (χ0) is 17.8. The van der Waals surface area contributed by atoms with E-state index in [1.807, 2.05) is 41.2 Å². The molecule has 4 rings (SSSR count). The van der Waals surface area contributed by atoms with E-state index in [2.05, 4.69) is 44.9 Å². The van der Waals surface area contributed by atoms with E-state index in [-0.39, 0.29) is 18.3 Å². The lowest BCUT2D eigenvalue weighted by Gasteiger charge is -2.32. The highest BCUT2D eigenvalue weighted by atomic mass is 35.5. The summed E-state index contributed by atoms with van der Waals surface area (Å²) in [6.07, 6.45) is 1.86. The third-order valence-electron chi connectivity index (χ3n) is 5.19. The molecule has 1 aliphatic rings. The maximum Gasteiger partial charge on any atom is 0.494 e. The highest BCUT2D eigenvalue weighted by Gasteiger charge is 2.51. The molecular weight excluding hydrogens is 334 g/mol. The van der Waals surface area contributed by atoms with Crippen molar-refractivity contribution in [1.82, 2.24) is 9.78 Å². The number of fused-ring (bicyclic) bond motifs is 1. The van der Waals surface area contributed by atoms with Crippen molar-refractivity contribution < 1.29 is 9.31 Å². The fourth-order valence-corrected chi connectivity index (χ4v) is 3.09. The molecule has 6 heteroatoms. The third-order valence-corrected chi connectivity index (χ3v) is 5.44. The van der Waals surface area contributed by atoms with Crippen LogP contribution in [-0.4, -0.2) is 28.1 Å². The van der Waals surface area contributed by atoms with Crippen LogP contribution in [0.3, 0.4) is 0 Å². The van der Waals surface area contributed by atoms with Gasteiger partial charge >= 0.3 is 7.12 Å². The van der Waals surface area contributed by atoms with Crippen molar-refractivity contribution in [3.8, 4) is 5.69 Å². The van der Waals surface area contributed by atoms with Gasteiger partial charge in [-0.05, 0) is 63.5 Å². The van der Waals surface area contributed by atoms with Gasteiger partial charge in [-0.15, -0.1) is 0 Å². The molecule has 1 aliphatic heterocycles. The summed E-state index contributed by atoms with van der Waals surface area (Å²) in [5.41, 5.74) is 2.31. The Morgan fingerprint density at radius 1 is 0.960 bits per heavy atom. The van der Waals surface area contributed by atoms with Crippen molar-refractivity contribution in [2.45, 2.75) is 38.9 Å². The van der Waals surface area contributed by atoms with Crippen LogP contribution in [0.1, 0.15) is 27.7 Å². The molecule has 128 valence electrons. The fourth-order valence-electron chi connectivity index (χ4n) is 2.97. The zero-order valence-corrected chi connectivity index (χ0v) is 15.5. The second kappa shape index (κ2) is 5.59. The Hall–Kier alpha value is -1.82. The second-order valence-corrected chi connectivity index (χ2v) is 7.88. The molecule has 0 aliphatic carbocycles. The summed E-state index contributed by atoms with van der Waals surface area (Å²) >= 11 is 5.97. The van der Waals surface area contributed by atoms with E-state index in [0.29, 0.717) is 5.02 Å². The molecule has 2 aromatic carbocycles. The Balaban J connectivity index is 1.70. The molecule has 0 spiro atoms. The van der Waals surface area contributed by atoms with Crippen LogP contribution in [0.5, 0.6) is 0 Å². The second-order valence-electron chi connectivity index (χ2n) is 7.44. The zero-order valence-electron chi connectivity index (χ0n) is 14.8. The Morgan fingerprint density at radius 3 is 2.24 bits per heavy atom. The first kappa shape index (κ1) is 16.6. The van der Waals surface area contributed by atoms with Gasteiger partial charge < -0.3 is 9.31 Å². The Kier molecular flexibility index (Phi) is 3.72. The summed E-state index contributed by atoms with van der Waals surface area (Å²) in [7, 11) is -0.367. The minimum absolute atomic E-state index is 0.347. The van der Waals surface area contributed by atoms with Crippen molar-refractivity contribution >= 4 is 35.1 Å². The normalized spacial score (nSPS) is 18.8. The van der Waals surface area contributed by atoms with Gasteiger partial charge in [-0.1, -0.05) is 23.7 Å². The van der Waals surface area contributed by atoms with Crippen LogP contribution in [0.2, 0.25) is 5.02 Å². The minimum atomic E-state index is -0.367. The lowest BCUT2D eigenvalue weighted by molar-refractivity contribution is 0.00578. The van der Waals surface area contributed by atoms with Gasteiger partial charge in [0.05, 0.1) is 28.6 Å². The van der Waals surface area contributed by atoms with E-state index >= 15 is 0 Å². The van der Waals surface area contributed by atoms with Crippen LogP contribution in [0.25, 0.3) is 16.6 Å². The monoisotopic (exact) mass is 354 g/mol. The molecule has 4 nitrogen and oxygen atoms in total. The number of rotatable bonds is 2. The quantitative estimate of drug-likeness (QED) is 0.653. The molecule has 1 saturated heterocycles. The molecule has 0 unspecified atom stereocenters. The van der Waals surface area contributed by atoms with Crippen LogP contribution in [-0.2, 0) is 9.31 Å². The lowest BCUT2D eigenvalue weighted by atomic mass is 9.79. The van der Waals surface area contributed by atoms with Gasteiger partial charge in [-0.3, -0.25) is 0 Å². The Labute approximate surface area is 152 Å². The van der Waals surface area contributed by atoms with Gasteiger partial charge in [0, 0.05) is 10.4 Å². The molecule has 1 aromatic heterocycles. The summed E-state index contributed by atoms with van der Waals surface area (Å²) in [6.45, 7) is 8.24. The first-order valence-corrected chi connectivity index (χ1v) is 8.74. The molecule has 3 aromatic rings. The van der Waals surface area contributed by atoms with Crippen LogP contribution >= 0.6 is 11.6 Å². The number of hydrogen-bond acceptors (Lipinski definition) is 3. The molecule has 0 bridgehead atoms. The Bertz CT molecular complexity index is 918. The van der Waals surface area contributed by atoms with Gasteiger partial charge in [0.1, 0.15) is 0 Å². The lowest BCUT2D eigenvalue weighted by Crippen LogP contribution is -2.41. The predicted octanol–water partition coefficient (Wildman–Crippen LogP) is 3.98. The number of benzene rings is 2. The van der Waals surface area contributed by atoms with E-state index in [9.17, 15) is 0 Å². The van der Waals surface area contributed by atoms with Crippen LogP contribution in [0, 0.1) is 0 Å². The molecule has 0 atom stereocenters. The van der Waals surface area contributed by atoms with Crippen molar-refractivity contribution in [2.75, 3.05) is 0 Å². The summed E-state index contributed by atoms with van der Waals surface area (Å²) in [4.78, 5) is 0. The number of nitrogens with zero attached hydrogens (tertiary/aromatic N) is 2. The minimum Gasteiger partial charge on any atom is -0.399 e. The highest BCUT2D eigenvalue weighted by molar-refractivity contribution is 6.62. The largest absolute Gasteiger partial charge is 0.494 e. The molecule has 25 heavy (non-hydrogen) atoms. The number of aromatic nitrogens is 2. The molecule has 0 amide bonds. The van der Waals surface area contributed by atoms with Crippen molar-refractivity contribution in [1.29, 1.82) is 0 Å². The third kappa shape index (κ3) is 2.76. The van der Waals surface area contributed by atoms with E-state index in [1.54, 1.807) is 0 Å². The maximum atomic E-state index is 6.14. The predicted molar refractivity (Wildman–Crippen MR) is 102 cm³/mol. The highest BCUT2D eigenvalue weighted by Crippen LogP contribution is 2.36. The van der Waals surface area contributed by atoms with E-state index in [0.717, 1.165) is 22.1 Å². The number of halogens is 1. The van der Waals surface area contributed by atoms with E-state index in [1.165, 1.54) is 0 Å². The van der Waals surface area contributed by atoms with Crippen LogP contribution in [0.4, 0.5) is 0 Å². The molecule has 0 radical (unpaired) electrons. The average molecular weight is 355 g/mol. The van der Waals surface area contributed by atoms with Gasteiger partial charge in [0.25, 0.3) is 0 Å². The fraction of sp³-hybridized carbons (Fsp3) is 0.316. The van der Waals surface area contributed by atoms with Gasteiger partial charge in [0.2, 0.25) is 0 Å². The molecule has 0 N–H and O–H groups in total. The van der Waals surface area contributed by atoms with Gasteiger partial charge in [-0.25, -0.2) is 4.68 Å². The molecule has 0 saturated carbocycles. The molecule has 2 heterocycles. The van der Waals surface area contributed by atoms with Crippen molar-refractivity contribution in [3.63, 3.8) is 0 Å². The molecular formula is C19H20BClN2O2.